The van der Waals surface area contributed by atoms with E-state index in [4.69, 9.17) is 4.99 Å². The summed E-state index contributed by atoms with van der Waals surface area (Å²) in [5, 5.41) is 0.522. The van der Waals surface area contributed by atoms with E-state index in [1.807, 2.05) is 17.3 Å². The zero-order valence-corrected chi connectivity index (χ0v) is 12.6. The molecule has 94 valence electrons. The zero-order valence-electron chi connectivity index (χ0n) is 11.7. The Labute approximate surface area is 109 Å². The number of aliphatic imine (C=N–C) groups is 1. The highest BCUT2D eigenvalue weighted by molar-refractivity contribution is 8.13. The van der Waals surface area contributed by atoms with Crippen LogP contribution in [0.3, 0.4) is 0 Å². The molecule has 0 aromatic rings. The van der Waals surface area contributed by atoms with E-state index < -0.39 is 0 Å². The summed E-state index contributed by atoms with van der Waals surface area (Å²) >= 11 is 1.88. The van der Waals surface area contributed by atoms with Crippen molar-refractivity contribution in [2.24, 2.45) is 15.8 Å². The fraction of sp³-hybridized carbons (Fsp3) is 0.667. The van der Waals surface area contributed by atoms with Crippen LogP contribution in [0.15, 0.2) is 28.3 Å². The average Bonchev–Trinajstić information content (AvgIpc) is 2.60. The van der Waals surface area contributed by atoms with Crippen molar-refractivity contribution in [1.82, 2.24) is 0 Å². The summed E-state index contributed by atoms with van der Waals surface area (Å²) in [5.74, 6) is 0. The predicted octanol–water partition coefficient (Wildman–Crippen LogP) is 4.46. The molecule has 2 atom stereocenters. The van der Waals surface area contributed by atoms with Crippen LogP contribution >= 0.6 is 11.8 Å². The van der Waals surface area contributed by atoms with Gasteiger partial charge in [0.1, 0.15) is 0 Å². The van der Waals surface area contributed by atoms with Gasteiger partial charge in [0.2, 0.25) is 0 Å². The van der Waals surface area contributed by atoms with Crippen molar-refractivity contribution in [3.8, 4) is 0 Å². The Balaban J connectivity index is 2.43. The molecule has 17 heavy (non-hydrogen) atoms. The Bertz CT molecular complexity index is 402. The quantitative estimate of drug-likeness (QED) is 0.617. The van der Waals surface area contributed by atoms with Crippen molar-refractivity contribution < 1.29 is 0 Å². The molecule has 0 aromatic carbocycles. The van der Waals surface area contributed by atoms with Crippen LogP contribution in [0.2, 0.25) is 0 Å². The number of nitrogens with zero attached hydrogens (tertiary/aromatic N) is 1. The first kappa shape index (κ1) is 12.9. The van der Waals surface area contributed by atoms with Gasteiger partial charge >= 0.3 is 0 Å². The largest absolute Gasteiger partial charge is 0.277 e. The van der Waals surface area contributed by atoms with Crippen molar-refractivity contribution in [3.05, 3.63) is 23.3 Å². The van der Waals surface area contributed by atoms with Crippen LogP contribution < -0.4 is 0 Å². The van der Waals surface area contributed by atoms with E-state index in [1.54, 1.807) is 0 Å². The smallest absolute Gasteiger partial charge is 0.0883 e. The Kier molecular flexibility index (Phi) is 3.05. The van der Waals surface area contributed by atoms with Crippen molar-refractivity contribution in [1.29, 1.82) is 0 Å². The van der Waals surface area contributed by atoms with Gasteiger partial charge in [0, 0.05) is 0 Å². The van der Waals surface area contributed by atoms with Gasteiger partial charge in [0.25, 0.3) is 0 Å². The second-order valence-electron chi connectivity index (χ2n) is 7.00. The van der Waals surface area contributed by atoms with Crippen LogP contribution in [0.4, 0.5) is 0 Å². The minimum absolute atomic E-state index is 0.213. The lowest BCUT2D eigenvalue weighted by atomic mass is 9.72. The van der Waals surface area contributed by atoms with E-state index >= 15 is 0 Å². The third kappa shape index (κ3) is 2.37. The lowest BCUT2D eigenvalue weighted by Gasteiger charge is -2.37. The monoisotopic (exact) mass is 249 g/mol. The van der Waals surface area contributed by atoms with Gasteiger partial charge in [-0.2, -0.15) is 0 Å². The molecule has 2 heteroatoms. The summed E-state index contributed by atoms with van der Waals surface area (Å²) in [6.45, 7) is 13.7. The molecule has 1 nitrogen and oxygen atoms in total. The minimum Gasteiger partial charge on any atom is -0.277 e. The maximum absolute atomic E-state index is 4.70. The van der Waals surface area contributed by atoms with E-state index in [1.165, 1.54) is 11.1 Å². The van der Waals surface area contributed by atoms with Crippen LogP contribution in [0.1, 0.15) is 41.5 Å². The third-order valence-corrected chi connectivity index (χ3v) is 4.56. The first-order valence-corrected chi connectivity index (χ1v) is 7.25. The van der Waals surface area contributed by atoms with Gasteiger partial charge in [-0.1, -0.05) is 53.7 Å². The molecular formula is C15H23NS. The van der Waals surface area contributed by atoms with Crippen LogP contribution in [-0.4, -0.2) is 16.8 Å². The molecule has 0 spiro atoms. The summed E-state index contributed by atoms with van der Waals surface area (Å²) in [6.07, 6.45) is 4.65. The van der Waals surface area contributed by atoms with Crippen molar-refractivity contribution in [2.75, 3.05) is 0 Å². The Morgan fingerprint density at radius 1 is 0.941 bits per heavy atom. The van der Waals surface area contributed by atoms with Crippen LogP contribution in [0.25, 0.3) is 0 Å². The first-order chi connectivity index (χ1) is 7.71. The molecule has 0 aromatic heterocycles. The van der Waals surface area contributed by atoms with Gasteiger partial charge in [-0.05, 0) is 22.0 Å². The van der Waals surface area contributed by atoms with E-state index in [0.29, 0.717) is 11.3 Å². The molecule has 0 N–H and O–H groups in total. The van der Waals surface area contributed by atoms with E-state index in [0.717, 1.165) is 0 Å². The third-order valence-electron chi connectivity index (χ3n) is 3.52. The number of rotatable bonds is 0. The fourth-order valence-corrected chi connectivity index (χ4v) is 3.83. The Morgan fingerprint density at radius 2 is 1.47 bits per heavy atom. The number of hydrogen-bond donors (Lipinski definition) is 0. The van der Waals surface area contributed by atoms with Gasteiger partial charge in [-0.15, -0.1) is 11.8 Å². The molecule has 0 saturated carbocycles. The minimum atomic E-state index is 0.213. The highest BCUT2D eigenvalue weighted by Gasteiger charge is 2.40. The molecule has 0 amide bonds. The van der Waals surface area contributed by atoms with Crippen molar-refractivity contribution >= 4 is 17.3 Å². The summed E-state index contributed by atoms with van der Waals surface area (Å²) in [6, 6.07) is 0.360. The average molecular weight is 249 g/mol. The topological polar surface area (TPSA) is 12.4 Å². The highest BCUT2D eigenvalue weighted by Crippen LogP contribution is 2.46. The molecule has 2 rings (SSSR count). The fourth-order valence-electron chi connectivity index (χ4n) is 2.55. The molecular weight excluding hydrogens is 226 g/mol. The normalized spacial score (nSPS) is 28.8. The van der Waals surface area contributed by atoms with Crippen LogP contribution in [-0.2, 0) is 0 Å². The molecule has 2 aliphatic rings. The van der Waals surface area contributed by atoms with Gasteiger partial charge in [0.05, 0.1) is 16.8 Å². The molecule has 0 radical (unpaired) electrons. The van der Waals surface area contributed by atoms with Crippen LogP contribution in [0, 0.1) is 10.8 Å². The standard InChI is InChI=1S/C15H23NS/c1-14(2,3)10-7-8-11(15(4,5)6)13-12(10)16-9-17-13/h7-9,12-13H,1-6H3. The molecule has 0 bridgehead atoms. The molecule has 0 saturated heterocycles. The number of hydrogen-bond acceptors (Lipinski definition) is 2. The maximum Gasteiger partial charge on any atom is 0.0883 e. The first-order valence-electron chi connectivity index (χ1n) is 6.31. The summed E-state index contributed by atoms with van der Waals surface area (Å²) in [7, 11) is 0. The molecule has 0 fully saturated rings. The number of fused-ring (bicyclic) bond motifs is 1. The van der Waals surface area contributed by atoms with Gasteiger partial charge in [0.15, 0.2) is 0 Å². The lowest BCUT2D eigenvalue weighted by Crippen LogP contribution is -2.34. The summed E-state index contributed by atoms with van der Waals surface area (Å²) in [5.41, 5.74) is 5.49. The highest BCUT2D eigenvalue weighted by atomic mass is 32.2. The zero-order chi connectivity index (χ0) is 12.8. The summed E-state index contributed by atoms with van der Waals surface area (Å²) < 4.78 is 0. The van der Waals surface area contributed by atoms with E-state index in [-0.39, 0.29) is 10.8 Å². The van der Waals surface area contributed by atoms with Gasteiger partial charge in [-0.3, -0.25) is 4.99 Å². The number of allylic oxidation sites excluding steroid dienone is 2. The second kappa shape index (κ2) is 4.01. The summed E-state index contributed by atoms with van der Waals surface area (Å²) in [4.78, 5) is 4.70. The van der Waals surface area contributed by atoms with Crippen molar-refractivity contribution in [3.63, 3.8) is 0 Å². The molecule has 1 aliphatic heterocycles. The number of thioether (sulfide) groups is 1. The Hall–Kier alpha value is -0.500. The van der Waals surface area contributed by atoms with Gasteiger partial charge in [-0.25, -0.2) is 0 Å². The lowest BCUT2D eigenvalue weighted by molar-refractivity contribution is 0.431. The Morgan fingerprint density at radius 3 is 2.00 bits per heavy atom. The van der Waals surface area contributed by atoms with E-state index in [2.05, 4.69) is 53.7 Å². The predicted molar refractivity (Wildman–Crippen MR) is 78.7 cm³/mol. The molecule has 1 heterocycles. The second-order valence-corrected chi connectivity index (χ2v) is 7.99. The van der Waals surface area contributed by atoms with E-state index in [9.17, 15) is 0 Å². The molecule has 1 aliphatic carbocycles. The molecule has 2 unspecified atom stereocenters. The maximum atomic E-state index is 4.70. The SMILES string of the molecule is CC(C)(C)C1=CC=C(C(C)(C)C)C2SC=NC12. The van der Waals surface area contributed by atoms with Crippen molar-refractivity contribution in [2.45, 2.75) is 52.8 Å². The van der Waals surface area contributed by atoms with Crippen LogP contribution in [0.5, 0.6) is 0 Å². The van der Waals surface area contributed by atoms with Gasteiger partial charge < -0.3 is 0 Å².